The Morgan fingerprint density at radius 2 is 2.00 bits per heavy atom. The Hall–Kier alpha value is 1.71. The molecule has 11 heavy (non-hydrogen) atoms. The Morgan fingerprint density at radius 1 is 1.27 bits per heavy atom. The average molecular weight is 389 g/mol. The summed E-state index contributed by atoms with van der Waals surface area (Å²) >= 11 is 1.12. The fourth-order valence-electron chi connectivity index (χ4n) is 0.277. The van der Waals surface area contributed by atoms with Crippen LogP contribution in [0, 0.1) is 0 Å². The number of hydrogen-bond acceptors (Lipinski definition) is 7. The molecule has 0 saturated carbocycles. The van der Waals surface area contributed by atoms with Crippen molar-refractivity contribution in [3.05, 3.63) is 0 Å². The second-order valence-electron chi connectivity index (χ2n) is 1.36. The van der Waals surface area contributed by atoms with Gasteiger partial charge in [-0.2, -0.15) is 0 Å². The van der Waals surface area contributed by atoms with E-state index < -0.39 is 20.0 Å². The zero-order valence-corrected chi connectivity index (χ0v) is 12.6. The molecule has 0 bridgehead atoms. The number of hydrazine groups is 5. The molecule has 0 aliphatic carbocycles. The van der Waals surface area contributed by atoms with Crippen molar-refractivity contribution in [3.8, 4) is 0 Å². The van der Waals surface area contributed by atoms with Crippen LogP contribution in [0.2, 0.25) is 0 Å². The molecular formula is C2H11N6SSn2. The number of nitrogens with one attached hydrogen (secondary N) is 6. The Morgan fingerprint density at radius 3 is 2.64 bits per heavy atom. The molecule has 6 nitrogen and oxygen atoms in total. The van der Waals surface area contributed by atoms with E-state index in [2.05, 4.69) is 31.2 Å². The van der Waals surface area contributed by atoms with Crippen molar-refractivity contribution in [1.82, 2.24) is 31.2 Å². The molecule has 0 aliphatic rings. The minimum atomic E-state index is -0.409. The van der Waals surface area contributed by atoms with Gasteiger partial charge in [-0.3, -0.25) is 0 Å². The first-order chi connectivity index (χ1) is 5.41. The van der Waals surface area contributed by atoms with Crippen LogP contribution in [0.3, 0.4) is 0 Å². The van der Waals surface area contributed by atoms with Gasteiger partial charge in [-0.1, -0.05) is 0 Å². The first kappa shape index (κ1) is 12.7. The van der Waals surface area contributed by atoms with Crippen molar-refractivity contribution >= 4 is 47.3 Å². The van der Waals surface area contributed by atoms with Crippen LogP contribution in [0.5, 0.6) is 0 Å². The van der Waals surface area contributed by atoms with Crippen LogP contribution in [-0.2, 0) is 0 Å². The summed E-state index contributed by atoms with van der Waals surface area (Å²) in [6.45, 7) is 2.87. The first-order valence-corrected chi connectivity index (χ1v) is 12.2. The fourth-order valence-corrected chi connectivity index (χ4v) is 4.36. The Balaban J connectivity index is 2.69. The van der Waals surface area contributed by atoms with Gasteiger partial charge in [0.1, 0.15) is 0 Å². The van der Waals surface area contributed by atoms with E-state index in [0.29, 0.717) is 0 Å². The molecule has 0 atom stereocenters. The van der Waals surface area contributed by atoms with Crippen LogP contribution in [0.25, 0.3) is 0 Å². The van der Waals surface area contributed by atoms with E-state index in [4.69, 9.17) is 0 Å². The Kier molecular flexibility index (Phi) is 13.5. The summed E-state index contributed by atoms with van der Waals surface area (Å²) in [4.78, 5) is 0. The van der Waals surface area contributed by atoms with Crippen molar-refractivity contribution in [2.45, 2.75) is 6.92 Å². The molecule has 0 spiro atoms. The van der Waals surface area contributed by atoms with Crippen molar-refractivity contribution in [1.29, 1.82) is 0 Å². The summed E-state index contributed by atoms with van der Waals surface area (Å²) < 4.78 is 3.08. The van der Waals surface area contributed by atoms with Crippen LogP contribution < -0.4 is 31.2 Å². The summed E-state index contributed by atoms with van der Waals surface area (Å²) in [5, 5.41) is 0. The third-order valence-corrected chi connectivity index (χ3v) is 8.79. The molecule has 0 aromatic carbocycles. The molecule has 0 fully saturated rings. The van der Waals surface area contributed by atoms with Gasteiger partial charge in [0, 0.05) is 0 Å². The molecule has 63 valence electrons. The van der Waals surface area contributed by atoms with E-state index in [0.717, 1.165) is 6.54 Å². The van der Waals surface area contributed by atoms with E-state index in [1.165, 1.54) is 21.1 Å². The van der Waals surface area contributed by atoms with Crippen LogP contribution in [0.1, 0.15) is 6.92 Å². The third kappa shape index (κ3) is 11.7. The summed E-state index contributed by atoms with van der Waals surface area (Å²) in [7, 11) is 0. The van der Waals surface area contributed by atoms with Crippen molar-refractivity contribution in [3.63, 3.8) is 0 Å². The van der Waals surface area contributed by atoms with E-state index in [1.807, 2.05) is 13.1 Å². The van der Waals surface area contributed by atoms with E-state index >= 15 is 0 Å². The predicted octanol–water partition coefficient (Wildman–Crippen LogP) is -2.53. The molecule has 0 unspecified atom stereocenters. The van der Waals surface area contributed by atoms with E-state index in [9.17, 15) is 0 Å². The molecule has 0 saturated heterocycles. The molecule has 0 aliphatic heterocycles. The van der Waals surface area contributed by atoms with Crippen molar-refractivity contribution < 1.29 is 0 Å². The number of hydrogen-bond donors (Lipinski definition) is 6. The first-order valence-electron chi connectivity index (χ1n) is 2.97. The monoisotopic (exact) mass is 391 g/mol. The zero-order chi connectivity index (χ0) is 8.36. The maximum absolute atomic E-state index is 3.08. The quantitative estimate of drug-likeness (QED) is 0.156. The van der Waals surface area contributed by atoms with Crippen LogP contribution in [0.4, 0.5) is 0 Å². The normalized spacial score (nSPS) is 10.4. The van der Waals surface area contributed by atoms with Gasteiger partial charge in [0.25, 0.3) is 0 Å². The molecule has 6 N–H and O–H groups in total. The molecule has 0 amide bonds. The van der Waals surface area contributed by atoms with Crippen LogP contribution >= 0.6 is 6.13 Å². The van der Waals surface area contributed by atoms with Gasteiger partial charge < -0.3 is 0 Å². The molecule has 0 aromatic rings. The Labute approximate surface area is 91.2 Å². The SMILES string of the molecule is CCNNNNN[NH][Sn][S][Sn]. The van der Waals surface area contributed by atoms with Gasteiger partial charge >= 0.3 is 92.0 Å². The summed E-state index contributed by atoms with van der Waals surface area (Å²) in [5.74, 6) is 0. The third-order valence-electron chi connectivity index (χ3n) is 0.617. The molecule has 0 heterocycles. The van der Waals surface area contributed by atoms with Gasteiger partial charge in [-0.15, -0.1) is 0 Å². The summed E-state index contributed by atoms with van der Waals surface area (Å²) in [6, 6.07) is 0. The zero-order valence-electron chi connectivity index (χ0n) is 6.12. The second-order valence-corrected chi connectivity index (χ2v) is 17.7. The van der Waals surface area contributed by atoms with Crippen molar-refractivity contribution in [2.24, 2.45) is 0 Å². The van der Waals surface area contributed by atoms with E-state index in [1.54, 1.807) is 0 Å². The minimum absolute atomic E-state index is 0.409. The summed E-state index contributed by atoms with van der Waals surface area (Å²) in [6.07, 6.45) is 1.95. The topological polar surface area (TPSA) is 72.2 Å². The predicted molar refractivity (Wildman–Crippen MR) is 48.5 cm³/mol. The van der Waals surface area contributed by atoms with Gasteiger partial charge in [0.15, 0.2) is 0 Å². The second kappa shape index (κ2) is 11.7. The molecular weight excluding hydrogens is 378 g/mol. The molecule has 9 heteroatoms. The summed E-state index contributed by atoms with van der Waals surface area (Å²) in [5.41, 5.74) is 13.8. The van der Waals surface area contributed by atoms with Crippen LogP contribution in [-0.4, -0.2) is 47.7 Å². The van der Waals surface area contributed by atoms with Gasteiger partial charge in [0.2, 0.25) is 0 Å². The Bertz CT molecular complexity index is 67.6. The van der Waals surface area contributed by atoms with Gasteiger partial charge in [0.05, 0.1) is 0 Å². The molecule has 5 radical (unpaired) electrons. The molecule has 0 aromatic heterocycles. The standard InChI is InChI=1S/C2H11N6.S.2Sn/c1-2-4-6-8-7-5-3;;;/h3-8H,2H2,1H3;;;/q-1;;;+1. The maximum atomic E-state index is 3.08. The number of rotatable bonds is 8. The van der Waals surface area contributed by atoms with Crippen molar-refractivity contribution in [2.75, 3.05) is 6.54 Å². The van der Waals surface area contributed by atoms with E-state index in [-0.39, 0.29) is 0 Å². The average Bonchev–Trinajstić information content (AvgIpc) is 2.03. The van der Waals surface area contributed by atoms with Gasteiger partial charge in [-0.25, -0.2) is 0 Å². The van der Waals surface area contributed by atoms with Gasteiger partial charge in [-0.05, 0) is 0 Å². The molecule has 0 rings (SSSR count). The van der Waals surface area contributed by atoms with Crippen LogP contribution in [0.15, 0.2) is 0 Å². The fraction of sp³-hybridized carbons (Fsp3) is 1.00.